The van der Waals surface area contributed by atoms with E-state index in [1.807, 2.05) is 36.4 Å². The molecular formula is C28H23N3O5. The fourth-order valence-corrected chi connectivity index (χ4v) is 7.42. The minimum atomic E-state index is -1.25. The summed E-state index contributed by atoms with van der Waals surface area (Å²) < 4.78 is 6.32. The SMILES string of the molecule is O=C1c2ccccc2OC[C@@]12[C@H](c1ccc([N+](=O)[O-])cc1)[C@H]1CCCN1[C@]21C(=O)Nc2ccccc21. The number of Topliss-reactive ketones (excluding diaryl/α,β-unsaturated/α-hetero) is 1. The number of nitrogens with zero attached hydrogens (tertiary/aromatic N) is 2. The summed E-state index contributed by atoms with van der Waals surface area (Å²) in [5.41, 5.74) is 0.271. The lowest BCUT2D eigenvalue weighted by molar-refractivity contribution is -0.384. The van der Waals surface area contributed by atoms with Crippen molar-refractivity contribution in [1.29, 1.82) is 0 Å². The van der Waals surface area contributed by atoms with Gasteiger partial charge in [-0.05, 0) is 43.1 Å². The van der Waals surface area contributed by atoms with Crippen molar-refractivity contribution >= 4 is 23.1 Å². The number of para-hydroxylation sites is 2. The van der Waals surface area contributed by atoms with Crippen LogP contribution in [0.25, 0.3) is 0 Å². The summed E-state index contributed by atoms with van der Waals surface area (Å²) in [5, 5.41) is 14.4. The number of nitro benzene ring substituents is 1. The van der Waals surface area contributed by atoms with Crippen LogP contribution in [-0.4, -0.2) is 40.7 Å². The standard InChI is InChI=1S/C28H23N3O5/c32-25-19-6-1-4-10-23(19)36-16-27(25)24(17-11-13-18(14-12-17)31(34)35)22-9-5-15-30(22)28(27)20-7-2-3-8-21(20)29-26(28)33/h1-4,6-8,10-14,22,24H,5,9,15-16H2,(H,29,33)/t22-,24-,27-,28-/m1/s1. The molecule has 8 nitrogen and oxygen atoms in total. The van der Waals surface area contributed by atoms with E-state index in [9.17, 15) is 19.7 Å². The molecule has 0 bridgehead atoms. The Hall–Kier alpha value is -4.04. The van der Waals surface area contributed by atoms with Gasteiger partial charge in [0.2, 0.25) is 0 Å². The largest absolute Gasteiger partial charge is 0.492 e. The van der Waals surface area contributed by atoms with Crippen molar-refractivity contribution in [3.63, 3.8) is 0 Å². The Balaban J connectivity index is 1.54. The highest BCUT2D eigenvalue weighted by molar-refractivity contribution is 6.15. The number of ketones is 1. The lowest BCUT2D eigenvalue weighted by atomic mass is 9.56. The zero-order chi connectivity index (χ0) is 24.7. The molecule has 7 rings (SSSR count). The molecule has 0 aromatic heterocycles. The van der Waals surface area contributed by atoms with Gasteiger partial charge in [-0.1, -0.05) is 42.5 Å². The highest BCUT2D eigenvalue weighted by Crippen LogP contribution is 2.68. The van der Waals surface area contributed by atoms with Crippen LogP contribution in [0.15, 0.2) is 72.8 Å². The number of rotatable bonds is 2. The Labute approximate surface area is 207 Å². The van der Waals surface area contributed by atoms with Crippen LogP contribution >= 0.6 is 0 Å². The maximum absolute atomic E-state index is 14.8. The van der Waals surface area contributed by atoms with E-state index >= 15 is 0 Å². The molecule has 2 spiro atoms. The average Bonchev–Trinajstić information content (AvgIpc) is 3.54. The second-order valence-electron chi connectivity index (χ2n) is 10.0. The van der Waals surface area contributed by atoms with Crippen molar-refractivity contribution in [2.24, 2.45) is 5.41 Å². The molecule has 1 amide bonds. The van der Waals surface area contributed by atoms with Crippen LogP contribution in [0, 0.1) is 15.5 Å². The lowest BCUT2D eigenvalue weighted by Gasteiger charge is -2.48. The van der Waals surface area contributed by atoms with Crippen molar-refractivity contribution in [2.45, 2.75) is 30.3 Å². The molecule has 3 aromatic rings. The van der Waals surface area contributed by atoms with E-state index in [0.717, 1.165) is 24.0 Å². The van der Waals surface area contributed by atoms with Crippen molar-refractivity contribution in [3.05, 3.63) is 99.6 Å². The Morgan fingerprint density at radius 2 is 1.75 bits per heavy atom. The van der Waals surface area contributed by atoms with Crippen molar-refractivity contribution in [2.75, 3.05) is 18.5 Å². The summed E-state index contributed by atoms with van der Waals surface area (Å²) in [7, 11) is 0. The fraction of sp³-hybridized carbons (Fsp3) is 0.286. The van der Waals surface area contributed by atoms with Gasteiger partial charge in [-0.2, -0.15) is 0 Å². The Kier molecular flexibility index (Phi) is 4.27. The zero-order valence-corrected chi connectivity index (χ0v) is 19.3. The van der Waals surface area contributed by atoms with Gasteiger partial charge in [0.1, 0.15) is 23.3 Å². The van der Waals surface area contributed by atoms with E-state index in [2.05, 4.69) is 10.2 Å². The number of carbonyl (C=O) groups excluding carboxylic acids is 2. The molecule has 36 heavy (non-hydrogen) atoms. The van der Waals surface area contributed by atoms with Crippen molar-refractivity contribution < 1.29 is 19.2 Å². The Morgan fingerprint density at radius 3 is 2.56 bits per heavy atom. The number of fused-ring (bicyclic) bond motifs is 6. The van der Waals surface area contributed by atoms with Gasteiger partial charge in [0.25, 0.3) is 11.6 Å². The van der Waals surface area contributed by atoms with Gasteiger partial charge >= 0.3 is 0 Å². The maximum Gasteiger partial charge on any atom is 0.269 e. The molecule has 0 saturated carbocycles. The number of amides is 1. The van der Waals surface area contributed by atoms with Crippen LogP contribution in [0.3, 0.4) is 0 Å². The summed E-state index contributed by atoms with van der Waals surface area (Å²) in [5.74, 6) is -0.201. The number of hydrogen-bond acceptors (Lipinski definition) is 6. The van der Waals surface area contributed by atoms with Gasteiger partial charge < -0.3 is 10.1 Å². The van der Waals surface area contributed by atoms with Crippen LogP contribution < -0.4 is 10.1 Å². The molecular weight excluding hydrogens is 458 g/mol. The quantitative estimate of drug-likeness (QED) is 0.433. The second kappa shape index (κ2) is 7.24. The van der Waals surface area contributed by atoms with Crippen LogP contribution in [0.5, 0.6) is 5.75 Å². The number of nitro groups is 1. The summed E-state index contributed by atoms with van der Waals surface area (Å²) >= 11 is 0. The smallest absolute Gasteiger partial charge is 0.269 e. The van der Waals surface area contributed by atoms with E-state index < -0.39 is 21.8 Å². The minimum absolute atomic E-state index is 0.00990. The molecule has 180 valence electrons. The monoisotopic (exact) mass is 481 g/mol. The summed E-state index contributed by atoms with van der Waals surface area (Å²) in [6.07, 6.45) is 1.71. The molecule has 4 aliphatic heterocycles. The first kappa shape index (κ1) is 21.3. The molecule has 4 aliphatic rings. The molecule has 3 aromatic carbocycles. The number of nitrogens with one attached hydrogen (secondary N) is 1. The topological polar surface area (TPSA) is 102 Å². The van der Waals surface area contributed by atoms with Gasteiger partial charge in [0, 0.05) is 35.3 Å². The van der Waals surface area contributed by atoms with Crippen molar-refractivity contribution in [3.8, 4) is 5.75 Å². The molecule has 0 unspecified atom stereocenters. The molecule has 2 fully saturated rings. The minimum Gasteiger partial charge on any atom is -0.492 e. The molecule has 1 N–H and O–H groups in total. The van der Waals surface area contributed by atoms with E-state index in [1.165, 1.54) is 12.1 Å². The molecule has 0 aliphatic carbocycles. The molecule has 4 atom stereocenters. The second-order valence-corrected chi connectivity index (χ2v) is 10.0. The predicted molar refractivity (Wildman–Crippen MR) is 131 cm³/mol. The molecule has 8 heteroatoms. The van der Waals surface area contributed by atoms with Gasteiger partial charge in [0.15, 0.2) is 5.78 Å². The first-order valence-electron chi connectivity index (χ1n) is 12.2. The van der Waals surface area contributed by atoms with Crippen LogP contribution in [0.4, 0.5) is 11.4 Å². The summed E-state index contributed by atoms with van der Waals surface area (Å²) in [4.78, 5) is 42.1. The van der Waals surface area contributed by atoms with E-state index in [1.54, 1.807) is 24.3 Å². The number of non-ortho nitro benzene ring substituents is 1. The van der Waals surface area contributed by atoms with Gasteiger partial charge in [-0.3, -0.25) is 24.6 Å². The number of hydrogen-bond donors (Lipinski definition) is 1. The zero-order valence-electron chi connectivity index (χ0n) is 19.3. The van der Waals surface area contributed by atoms with Crippen molar-refractivity contribution in [1.82, 2.24) is 4.90 Å². The van der Waals surface area contributed by atoms with Crippen LogP contribution in [0.1, 0.15) is 40.2 Å². The fourth-order valence-electron chi connectivity index (χ4n) is 7.42. The third-order valence-electron chi connectivity index (χ3n) is 8.64. The van der Waals surface area contributed by atoms with Gasteiger partial charge in [0.05, 0.1) is 10.5 Å². The molecule has 0 radical (unpaired) electrons. The summed E-state index contributed by atoms with van der Waals surface area (Å²) in [6.45, 7) is 0.714. The number of benzene rings is 3. The highest BCUT2D eigenvalue weighted by atomic mass is 16.6. The maximum atomic E-state index is 14.8. The third kappa shape index (κ3) is 2.37. The van der Waals surface area contributed by atoms with E-state index in [4.69, 9.17) is 4.74 Å². The Morgan fingerprint density at radius 1 is 1.00 bits per heavy atom. The molecule has 4 heterocycles. The van der Waals surface area contributed by atoms with Gasteiger partial charge in [-0.25, -0.2) is 0 Å². The third-order valence-corrected chi connectivity index (χ3v) is 8.64. The average molecular weight is 482 g/mol. The normalized spacial score (nSPS) is 30.1. The Bertz CT molecular complexity index is 1450. The van der Waals surface area contributed by atoms with E-state index in [-0.39, 0.29) is 30.0 Å². The number of ether oxygens (including phenoxy) is 1. The molecule has 2 saturated heterocycles. The lowest BCUT2D eigenvalue weighted by Crippen LogP contribution is -2.63. The van der Waals surface area contributed by atoms with Crippen LogP contribution in [-0.2, 0) is 10.3 Å². The van der Waals surface area contributed by atoms with E-state index in [0.29, 0.717) is 23.5 Å². The highest BCUT2D eigenvalue weighted by Gasteiger charge is 2.78. The first-order valence-corrected chi connectivity index (χ1v) is 12.2. The predicted octanol–water partition coefficient (Wildman–Crippen LogP) is 4.27. The van der Waals surface area contributed by atoms with Gasteiger partial charge in [-0.15, -0.1) is 0 Å². The first-order chi connectivity index (χ1) is 17.5. The number of anilines is 1. The van der Waals surface area contributed by atoms with Crippen LogP contribution in [0.2, 0.25) is 0 Å². The summed E-state index contributed by atoms with van der Waals surface area (Å²) in [6, 6.07) is 21.1. The number of carbonyl (C=O) groups is 2.